The minimum absolute atomic E-state index is 0.0469. The molecule has 1 unspecified atom stereocenters. The van der Waals surface area contributed by atoms with Crippen LogP contribution in [0, 0.1) is 0 Å². The minimum Gasteiger partial charge on any atom is -0.398 e. The summed E-state index contributed by atoms with van der Waals surface area (Å²) in [6, 6.07) is 3.65. The van der Waals surface area contributed by atoms with E-state index in [9.17, 15) is 16.8 Å². The number of thioether (sulfide) groups is 1. The molecule has 0 saturated carbocycles. The molecule has 1 aliphatic heterocycles. The molecule has 0 spiro atoms. The molecule has 21 heavy (non-hydrogen) atoms. The maximum atomic E-state index is 12.7. The second-order valence-corrected chi connectivity index (χ2v) is 10.0. The fraction of sp³-hybridized carbons (Fsp3) is 0.500. The normalized spacial score (nSPS) is 21.3. The molecule has 0 aromatic heterocycles. The lowest BCUT2D eigenvalue weighted by Gasteiger charge is -2.32. The number of nitrogen functional groups attached to an aromatic ring is 1. The van der Waals surface area contributed by atoms with Crippen LogP contribution in [0.4, 0.5) is 5.69 Å². The summed E-state index contributed by atoms with van der Waals surface area (Å²) >= 11 is 1.70. The van der Waals surface area contributed by atoms with Gasteiger partial charge in [-0.2, -0.15) is 16.1 Å². The number of anilines is 1. The quantitative estimate of drug-likeness (QED) is 0.810. The molecule has 0 radical (unpaired) electrons. The van der Waals surface area contributed by atoms with E-state index in [0.29, 0.717) is 12.3 Å². The van der Waals surface area contributed by atoms with E-state index < -0.39 is 19.9 Å². The predicted octanol–water partition coefficient (Wildman–Crippen LogP) is 0.798. The number of nitrogens with zero attached hydrogens (tertiary/aromatic N) is 1. The van der Waals surface area contributed by atoms with Crippen LogP contribution in [0.25, 0.3) is 0 Å². The predicted molar refractivity (Wildman–Crippen MR) is 84.6 cm³/mol. The Morgan fingerprint density at radius 3 is 2.52 bits per heavy atom. The third kappa shape index (κ3) is 3.36. The first-order valence-corrected chi connectivity index (χ1v) is 10.8. The molecule has 0 aliphatic carbocycles. The zero-order chi connectivity index (χ0) is 15.8. The standard InChI is InChI=1S/C12H18N2O4S3/c1-9-8-19-6-5-14(9)21(17,18)12-7-10(20(2,15)16)3-4-11(12)13/h3-4,7,9H,5-6,8,13H2,1-2H3. The van der Waals surface area contributed by atoms with Gasteiger partial charge in [-0.3, -0.25) is 0 Å². The van der Waals surface area contributed by atoms with Crippen LogP contribution in [-0.2, 0) is 19.9 Å². The highest BCUT2D eigenvalue weighted by molar-refractivity contribution is 7.99. The van der Waals surface area contributed by atoms with Crippen molar-refractivity contribution in [2.75, 3.05) is 30.0 Å². The first-order valence-electron chi connectivity index (χ1n) is 6.33. The summed E-state index contributed by atoms with van der Waals surface area (Å²) in [6.07, 6.45) is 1.04. The van der Waals surface area contributed by atoms with Crippen molar-refractivity contribution in [3.05, 3.63) is 18.2 Å². The SMILES string of the molecule is CC1CSCCN1S(=O)(=O)c1cc(S(C)(=O)=O)ccc1N. The van der Waals surface area contributed by atoms with Crippen molar-refractivity contribution >= 4 is 37.3 Å². The van der Waals surface area contributed by atoms with Gasteiger partial charge in [0.25, 0.3) is 0 Å². The smallest absolute Gasteiger partial charge is 0.245 e. The molecule has 6 nitrogen and oxygen atoms in total. The second-order valence-electron chi connectivity index (χ2n) is 5.01. The maximum Gasteiger partial charge on any atom is 0.245 e. The van der Waals surface area contributed by atoms with Crippen molar-refractivity contribution in [3.8, 4) is 0 Å². The van der Waals surface area contributed by atoms with Gasteiger partial charge >= 0.3 is 0 Å². The lowest BCUT2D eigenvalue weighted by Crippen LogP contribution is -2.44. The van der Waals surface area contributed by atoms with Crippen molar-refractivity contribution in [2.45, 2.75) is 22.8 Å². The molecule has 1 atom stereocenters. The van der Waals surface area contributed by atoms with Crippen LogP contribution >= 0.6 is 11.8 Å². The van der Waals surface area contributed by atoms with Gasteiger partial charge in [0, 0.05) is 30.3 Å². The van der Waals surface area contributed by atoms with Gasteiger partial charge < -0.3 is 5.73 Å². The third-order valence-electron chi connectivity index (χ3n) is 3.31. The number of hydrogen-bond donors (Lipinski definition) is 1. The Hall–Kier alpha value is -0.770. The van der Waals surface area contributed by atoms with Gasteiger partial charge in [0.2, 0.25) is 10.0 Å². The first kappa shape index (κ1) is 16.6. The molecular formula is C12H18N2O4S3. The first-order chi connectivity index (χ1) is 9.64. The van der Waals surface area contributed by atoms with Crippen molar-refractivity contribution < 1.29 is 16.8 Å². The van der Waals surface area contributed by atoms with E-state index in [1.54, 1.807) is 11.8 Å². The van der Waals surface area contributed by atoms with Crippen molar-refractivity contribution in [3.63, 3.8) is 0 Å². The lowest BCUT2D eigenvalue weighted by molar-refractivity contribution is 0.368. The van der Waals surface area contributed by atoms with Gasteiger partial charge in [-0.15, -0.1) is 0 Å². The van der Waals surface area contributed by atoms with Crippen LogP contribution in [0.5, 0.6) is 0 Å². The van der Waals surface area contributed by atoms with Crippen molar-refractivity contribution in [1.29, 1.82) is 0 Å². The van der Waals surface area contributed by atoms with Gasteiger partial charge in [-0.05, 0) is 25.1 Å². The van der Waals surface area contributed by atoms with Crippen LogP contribution in [0.15, 0.2) is 28.0 Å². The molecule has 118 valence electrons. The van der Waals surface area contributed by atoms with Crippen LogP contribution in [0.2, 0.25) is 0 Å². The van der Waals surface area contributed by atoms with E-state index in [-0.39, 0.29) is 21.5 Å². The number of hydrogen-bond acceptors (Lipinski definition) is 6. The van der Waals surface area contributed by atoms with E-state index in [4.69, 9.17) is 5.73 Å². The monoisotopic (exact) mass is 350 g/mol. The second kappa shape index (κ2) is 5.79. The van der Waals surface area contributed by atoms with E-state index in [2.05, 4.69) is 0 Å². The molecule has 1 heterocycles. The molecule has 2 N–H and O–H groups in total. The molecule has 1 aliphatic rings. The van der Waals surface area contributed by atoms with E-state index in [0.717, 1.165) is 18.1 Å². The minimum atomic E-state index is -3.79. The number of benzene rings is 1. The Morgan fingerprint density at radius 2 is 1.95 bits per heavy atom. The van der Waals surface area contributed by atoms with Crippen LogP contribution in [0.3, 0.4) is 0 Å². The molecule has 2 rings (SSSR count). The lowest BCUT2D eigenvalue weighted by atomic mass is 10.3. The molecule has 1 aromatic rings. The highest BCUT2D eigenvalue weighted by Crippen LogP contribution is 2.29. The average molecular weight is 350 g/mol. The topological polar surface area (TPSA) is 97.5 Å². The van der Waals surface area contributed by atoms with Gasteiger partial charge in [0.15, 0.2) is 9.84 Å². The Bertz CT molecular complexity index is 744. The van der Waals surface area contributed by atoms with E-state index in [1.165, 1.54) is 16.4 Å². The van der Waals surface area contributed by atoms with E-state index in [1.807, 2.05) is 6.92 Å². The van der Waals surface area contributed by atoms with Gasteiger partial charge in [0.1, 0.15) is 4.90 Å². The highest BCUT2D eigenvalue weighted by atomic mass is 32.2. The van der Waals surface area contributed by atoms with Crippen molar-refractivity contribution in [2.24, 2.45) is 0 Å². The Labute approximate surface area is 129 Å². The zero-order valence-corrected chi connectivity index (χ0v) is 14.3. The molecule has 0 bridgehead atoms. The summed E-state index contributed by atoms with van der Waals surface area (Å²) in [5.74, 6) is 1.43. The van der Waals surface area contributed by atoms with Gasteiger partial charge in [0.05, 0.1) is 10.6 Å². The fourth-order valence-corrected chi connectivity index (χ4v) is 5.88. The van der Waals surface area contributed by atoms with Crippen molar-refractivity contribution in [1.82, 2.24) is 4.31 Å². The average Bonchev–Trinajstić information content (AvgIpc) is 2.37. The summed E-state index contributed by atoms with van der Waals surface area (Å²) in [4.78, 5) is -0.182. The number of rotatable bonds is 3. The molecule has 0 amide bonds. The number of sulfonamides is 1. The van der Waals surface area contributed by atoms with Crippen LogP contribution in [0.1, 0.15) is 6.92 Å². The van der Waals surface area contributed by atoms with Gasteiger partial charge in [-0.25, -0.2) is 16.8 Å². The summed E-state index contributed by atoms with van der Waals surface area (Å²) in [7, 11) is -7.28. The van der Waals surface area contributed by atoms with Crippen LogP contribution < -0.4 is 5.73 Å². The maximum absolute atomic E-state index is 12.7. The van der Waals surface area contributed by atoms with E-state index >= 15 is 0 Å². The molecular weight excluding hydrogens is 332 g/mol. The molecule has 9 heteroatoms. The third-order valence-corrected chi connectivity index (χ3v) is 7.68. The highest BCUT2D eigenvalue weighted by Gasteiger charge is 2.33. The molecule has 1 aromatic carbocycles. The Balaban J connectivity index is 2.54. The van der Waals surface area contributed by atoms with Gasteiger partial charge in [-0.1, -0.05) is 0 Å². The number of nitrogens with two attached hydrogens (primary N) is 1. The summed E-state index contributed by atoms with van der Waals surface area (Å²) < 4.78 is 50.1. The molecule has 1 saturated heterocycles. The Kier molecular flexibility index (Phi) is 4.57. The molecule has 1 fully saturated rings. The zero-order valence-electron chi connectivity index (χ0n) is 11.8. The number of sulfone groups is 1. The summed E-state index contributed by atoms with van der Waals surface area (Å²) in [5.41, 5.74) is 5.83. The fourth-order valence-electron chi connectivity index (χ4n) is 2.16. The van der Waals surface area contributed by atoms with Crippen LogP contribution in [-0.4, -0.2) is 51.5 Å². The summed E-state index contributed by atoms with van der Waals surface area (Å²) in [6.45, 7) is 2.23. The summed E-state index contributed by atoms with van der Waals surface area (Å²) in [5, 5.41) is 0. The largest absolute Gasteiger partial charge is 0.398 e. The Morgan fingerprint density at radius 1 is 1.29 bits per heavy atom.